The Bertz CT molecular complexity index is 469. The Balaban J connectivity index is 2.17. The maximum atomic E-state index is 9.54. The first kappa shape index (κ1) is 14.5. The highest BCUT2D eigenvalue weighted by atomic mass is 79.9. The number of piperazine rings is 1. The van der Waals surface area contributed by atoms with E-state index in [-0.39, 0.29) is 6.04 Å². The van der Waals surface area contributed by atoms with Crippen molar-refractivity contribution in [1.29, 1.82) is 5.26 Å². The van der Waals surface area contributed by atoms with Crippen molar-refractivity contribution in [2.75, 3.05) is 26.2 Å². The average Bonchev–Trinajstić information content (AvgIpc) is 2.41. The van der Waals surface area contributed by atoms with Gasteiger partial charge in [0.15, 0.2) is 0 Å². The van der Waals surface area contributed by atoms with Gasteiger partial charge in [-0.15, -0.1) is 0 Å². The van der Waals surface area contributed by atoms with Crippen molar-refractivity contribution in [2.45, 2.75) is 25.9 Å². The summed E-state index contributed by atoms with van der Waals surface area (Å²) in [7, 11) is 0. The van der Waals surface area contributed by atoms with Crippen LogP contribution in [-0.4, -0.2) is 42.0 Å². The molecule has 1 saturated heterocycles. The normalized spacial score (nSPS) is 22.9. The largest absolute Gasteiger partial charge is 0.301 e. The monoisotopic (exact) mass is 321 g/mol. The zero-order chi connectivity index (χ0) is 13.8. The van der Waals surface area contributed by atoms with E-state index in [2.05, 4.69) is 45.6 Å². The molecule has 1 fully saturated rings. The van der Waals surface area contributed by atoms with E-state index in [4.69, 9.17) is 0 Å². The molecule has 3 nitrogen and oxygen atoms in total. The van der Waals surface area contributed by atoms with Crippen LogP contribution >= 0.6 is 15.9 Å². The Kier molecular flexibility index (Phi) is 4.98. The highest BCUT2D eigenvalue weighted by Crippen LogP contribution is 2.26. The molecule has 4 heteroatoms. The molecular formula is C15H20BrN3. The van der Waals surface area contributed by atoms with Crippen molar-refractivity contribution < 1.29 is 0 Å². The van der Waals surface area contributed by atoms with Crippen molar-refractivity contribution in [3.05, 3.63) is 34.3 Å². The number of hydrogen-bond acceptors (Lipinski definition) is 3. The zero-order valence-corrected chi connectivity index (χ0v) is 13.1. The van der Waals surface area contributed by atoms with Gasteiger partial charge >= 0.3 is 0 Å². The van der Waals surface area contributed by atoms with Gasteiger partial charge < -0.3 is 4.90 Å². The molecule has 0 radical (unpaired) electrons. The molecule has 0 saturated carbocycles. The number of likely N-dealkylation sites (N-methyl/N-ethyl adjacent to an activating group) is 1. The Morgan fingerprint density at radius 1 is 1.47 bits per heavy atom. The fourth-order valence-electron chi connectivity index (χ4n) is 2.73. The lowest BCUT2D eigenvalue weighted by molar-refractivity contribution is 0.0683. The zero-order valence-electron chi connectivity index (χ0n) is 11.5. The summed E-state index contributed by atoms with van der Waals surface area (Å²) in [6.07, 6.45) is 0. The van der Waals surface area contributed by atoms with Gasteiger partial charge in [0.2, 0.25) is 0 Å². The molecule has 1 aromatic carbocycles. The molecule has 0 aromatic heterocycles. The summed E-state index contributed by atoms with van der Waals surface area (Å²) in [5.41, 5.74) is 1.08. The van der Waals surface area contributed by atoms with E-state index in [0.717, 1.165) is 36.2 Å². The second kappa shape index (κ2) is 6.51. The van der Waals surface area contributed by atoms with Gasteiger partial charge in [0.25, 0.3) is 0 Å². The molecule has 2 rings (SSSR count). The minimum absolute atomic E-state index is 0.147. The molecule has 1 aliphatic heterocycles. The van der Waals surface area contributed by atoms with Gasteiger partial charge in [-0.05, 0) is 31.2 Å². The van der Waals surface area contributed by atoms with E-state index in [9.17, 15) is 5.26 Å². The Morgan fingerprint density at radius 2 is 2.26 bits per heavy atom. The van der Waals surface area contributed by atoms with Gasteiger partial charge in [0.1, 0.15) is 6.04 Å². The van der Waals surface area contributed by atoms with Crippen LogP contribution in [0.4, 0.5) is 0 Å². The van der Waals surface area contributed by atoms with Crippen LogP contribution in [0.25, 0.3) is 0 Å². The van der Waals surface area contributed by atoms with E-state index in [1.165, 1.54) is 0 Å². The molecule has 0 spiro atoms. The predicted molar refractivity (Wildman–Crippen MR) is 80.8 cm³/mol. The average molecular weight is 322 g/mol. The molecule has 2 unspecified atom stereocenters. The van der Waals surface area contributed by atoms with Gasteiger partial charge in [-0.2, -0.15) is 5.26 Å². The Morgan fingerprint density at radius 3 is 2.84 bits per heavy atom. The summed E-state index contributed by atoms with van der Waals surface area (Å²) in [6.45, 7) is 8.55. The van der Waals surface area contributed by atoms with Crippen LogP contribution in [0.3, 0.4) is 0 Å². The summed E-state index contributed by atoms with van der Waals surface area (Å²) >= 11 is 3.48. The summed E-state index contributed by atoms with van der Waals surface area (Å²) in [5.74, 6) is 0. The number of rotatable bonds is 3. The SMILES string of the molecule is CCN1CCN(C(C#N)c2cccc(Br)c2)C(C)C1. The lowest BCUT2D eigenvalue weighted by Gasteiger charge is -2.41. The van der Waals surface area contributed by atoms with E-state index in [1.54, 1.807) is 0 Å². The first-order valence-corrected chi connectivity index (χ1v) is 7.58. The summed E-state index contributed by atoms with van der Waals surface area (Å²) in [4.78, 5) is 4.75. The first-order chi connectivity index (χ1) is 9.15. The van der Waals surface area contributed by atoms with Crippen molar-refractivity contribution in [1.82, 2.24) is 9.80 Å². The molecular weight excluding hydrogens is 302 g/mol. The topological polar surface area (TPSA) is 30.3 Å². The summed E-state index contributed by atoms with van der Waals surface area (Å²) in [5, 5.41) is 9.54. The van der Waals surface area contributed by atoms with E-state index in [0.29, 0.717) is 6.04 Å². The van der Waals surface area contributed by atoms with Crippen molar-refractivity contribution in [3.8, 4) is 6.07 Å². The summed E-state index contributed by atoms with van der Waals surface area (Å²) in [6, 6.07) is 10.8. The van der Waals surface area contributed by atoms with E-state index >= 15 is 0 Å². The van der Waals surface area contributed by atoms with E-state index < -0.39 is 0 Å². The van der Waals surface area contributed by atoms with Gasteiger partial charge in [-0.1, -0.05) is 35.0 Å². The van der Waals surface area contributed by atoms with Crippen molar-refractivity contribution in [3.63, 3.8) is 0 Å². The lowest BCUT2D eigenvalue weighted by Crippen LogP contribution is -2.52. The molecule has 1 aromatic rings. The number of halogens is 1. The Labute approximate surface area is 123 Å². The van der Waals surface area contributed by atoms with Crippen molar-refractivity contribution in [2.24, 2.45) is 0 Å². The molecule has 0 bridgehead atoms. The van der Waals surface area contributed by atoms with Crippen LogP contribution in [0.1, 0.15) is 25.5 Å². The van der Waals surface area contributed by atoms with Crippen LogP contribution in [0, 0.1) is 11.3 Å². The maximum Gasteiger partial charge on any atom is 0.124 e. The molecule has 0 amide bonds. The second-order valence-corrected chi connectivity index (χ2v) is 5.98. The molecule has 1 aliphatic rings. The molecule has 102 valence electrons. The van der Waals surface area contributed by atoms with E-state index in [1.807, 2.05) is 24.3 Å². The Hall–Kier alpha value is -0.890. The number of benzene rings is 1. The lowest BCUT2D eigenvalue weighted by atomic mass is 10.0. The summed E-state index contributed by atoms with van der Waals surface area (Å²) < 4.78 is 1.03. The minimum atomic E-state index is -0.147. The molecule has 0 N–H and O–H groups in total. The molecule has 1 heterocycles. The van der Waals surface area contributed by atoms with Crippen LogP contribution in [0.15, 0.2) is 28.7 Å². The number of nitriles is 1. The van der Waals surface area contributed by atoms with Crippen LogP contribution in [-0.2, 0) is 0 Å². The van der Waals surface area contributed by atoms with Crippen LogP contribution in [0.5, 0.6) is 0 Å². The van der Waals surface area contributed by atoms with Gasteiger partial charge in [-0.25, -0.2) is 0 Å². The fraction of sp³-hybridized carbons (Fsp3) is 0.533. The third kappa shape index (κ3) is 3.36. The van der Waals surface area contributed by atoms with Gasteiger partial charge in [0, 0.05) is 30.1 Å². The van der Waals surface area contributed by atoms with Crippen molar-refractivity contribution >= 4 is 15.9 Å². The maximum absolute atomic E-state index is 9.54. The third-order valence-electron chi connectivity index (χ3n) is 3.83. The highest BCUT2D eigenvalue weighted by Gasteiger charge is 2.29. The van der Waals surface area contributed by atoms with Crippen LogP contribution in [0.2, 0.25) is 0 Å². The van der Waals surface area contributed by atoms with Gasteiger partial charge in [-0.3, -0.25) is 4.90 Å². The fourth-order valence-corrected chi connectivity index (χ4v) is 3.15. The standard InChI is InChI=1S/C15H20BrN3/c1-3-18-7-8-19(12(2)11-18)15(10-17)13-5-4-6-14(16)9-13/h4-6,9,12,15H,3,7-8,11H2,1-2H3. The number of hydrogen-bond donors (Lipinski definition) is 0. The van der Waals surface area contributed by atoms with Gasteiger partial charge in [0.05, 0.1) is 6.07 Å². The first-order valence-electron chi connectivity index (χ1n) is 6.79. The second-order valence-electron chi connectivity index (χ2n) is 5.07. The quantitative estimate of drug-likeness (QED) is 0.857. The number of nitrogens with zero attached hydrogens (tertiary/aromatic N) is 3. The molecule has 0 aliphatic carbocycles. The highest BCUT2D eigenvalue weighted by molar-refractivity contribution is 9.10. The van der Waals surface area contributed by atoms with Crippen LogP contribution < -0.4 is 0 Å². The molecule has 2 atom stereocenters. The molecule has 19 heavy (non-hydrogen) atoms. The third-order valence-corrected chi connectivity index (χ3v) is 4.32. The smallest absolute Gasteiger partial charge is 0.124 e. The predicted octanol–water partition coefficient (Wildman–Crippen LogP) is 3.04. The minimum Gasteiger partial charge on any atom is -0.301 e.